The van der Waals surface area contributed by atoms with Crippen LogP contribution in [-0.4, -0.2) is 26.1 Å². The van der Waals surface area contributed by atoms with Crippen molar-refractivity contribution in [3.8, 4) is 5.75 Å². The molecule has 0 radical (unpaired) electrons. The summed E-state index contributed by atoms with van der Waals surface area (Å²) in [6, 6.07) is 5.15. The molecule has 90 valence electrons. The van der Waals surface area contributed by atoms with Gasteiger partial charge in [-0.3, -0.25) is 4.79 Å². The third-order valence-corrected chi connectivity index (χ3v) is 2.46. The average molecular weight is 310 g/mol. The molecule has 0 aliphatic heterocycles. The molecule has 0 atom stereocenters. The monoisotopic (exact) mass is 308 g/mol. The van der Waals surface area contributed by atoms with E-state index in [1.807, 2.05) is 0 Å². The molecule has 0 saturated carbocycles. The van der Waals surface area contributed by atoms with Gasteiger partial charge in [-0.1, -0.05) is 0 Å². The van der Waals surface area contributed by atoms with E-state index in [1.54, 1.807) is 25.3 Å². The standard InChI is InChI=1S/C10H13BrN2O2.ClH/c1-15-9-3-2-7(6-8(9)11)10(14)13-5-4-12;/h2-3,6H,4-5,12H2,1H3,(H,13,14);1H. The molecule has 0 aromatic heterocycles. The van der Waals surface area contributed by atoms with Crippen LogP contribution in [0.3, 0.4) is 0 Å². The number of hydrogen-bond acceptors (Lipinski definition) is 3. The predicted molar refractivity (Wildman–Crippen MR) is 69.3 cm³/mol. The smallest absolute Gasteiger partial charge is 0.251 e. The zero-order chi connectivity index (χ0) is 11.3. The van der Waals surface area contributed by atoms with E-state index in [0.717, 1.165) is 4.47 Å². The number of hydrogen-bond donors (Lipinski definition) is 2. The van der Waals surface area contributed by atoms with Crippen LogP contribution in [-0.2, 0) is 0 Å². The average Bonchev–Trinajstić information content (AvgIpc) is 2.25. The summed E-state index contributed by atoms with van der Waals surface area (Å²) in [7, 11) is 1.58. The van der Waals surface area contributed by atoms with E-state index >= 15 is 0 Å². The predicted octanol–water partition coefficient (Wildman–Crippen LogP) is 1.57. The van der Waals surface area contributed by atoms with Crippen molar-refractivity contribution in [2.45, 2.75) is 0 Å². The number of nitrogens with two attached hydrogens (primary N) is 1. The largest absolute Gasteiger partial charge is 0.496 e. The van der Waals surface area contributed by atoms with E-state index in [0.29, 0.717) is 24.4 Å². The van der Waals surface area contributed by atoms with Gasteiger partial charge in [0.2, 0.25) is 0 Å². The highest BCUT2D eigenvalue weighted by Gasteiger charge is 2.07. The maximum Gasteiger partial charge on any atom is 0.251 e. The Labute approximate surface area is 109 Å². The molecule has 0 saturated heterocycles. The van der Waals surface area contributed by atoms with Gasteiger partial charge in [-0.25, -0.2) is 0 Å². The van der Waals surface area contributed by atoms with Crippen molar-refractivity contribution in [1.82, 2.24) is 5.32 Å². The number of ether oxygens (including phenoxy) is 1. The van der Waals surface area contributed by atoms with Crippen LogP contribution in [0.5, 0.6) is 5.75 Å². The number of halogens is 2. The lowest BCUT2D eigenvalue weighted by molar-refractivity contribution is 0.0954. The van der Waals surface area contributed by atoms with Crippen LogP contribution in [0.1, 0.15) is 10.4 Å². The van der Waals surface area contributed by atoms with E-state index in [-0.39, 0.29) is 18.3 Å². The molecule has 1 aromatic rings. The van der Waals surface area contributed by atoms with E-state index in [4.69, 9.17) is 10.5 Å². The summed E-state index contributed by atoms with van der Waals surface area (Å²) < 4.78 is 5.82. The van der Waals surface area contributed by atoms with Crippen LogP contribution in [0.15, 0.2) is 22.7 Å². The lowest BCUT2D eigenvalue weighted by Gasteiger charge is -2.06. The van der Waals surface area contributed by atoms with Crippen molar-refractivity contribution in [2.75, 3.05) is 20.2 Å². The molecular weight excluding hydrogens is 295 g/mol. The molecule has 16 heavy (non-hydrogen) atoms. The summed E-state index contributed by atoms with van der Waals surface area (Å²) in [4.78, 5) is 11.5. The molecule has 6 heteroatoms. The van der Waals surface area contributed by atoms with Crippen LogP contribution >= 0.6 is 28.3 Å². The summed E-state index contributed by atoms with van der Waals surface area (Å²) in [5.74, 6) is 0.564. The van der Waals surface area contributed by atoms with Gasteiger partial charge in [-0.05, 0) is 34.1 Å². The van der Waals surface area contributed by atoms with Crippen LogP contribution in [0.4, 0.5) is 0 Å². The molecular formula is C10H14BrClN2O2. The minimum Gasteiger partial charge on any atom is -0.496 e. The number of rotatable bonds is 4. The quantitative estimate of drug-likeness (QED) is 0.887. The number of amides is 1. The molecule has 1 amide bonds. The highest BCUT2D eigenvalue weighted by atomic mass is 79.9. The summed E-state index contributed by atoms with van der Waals surface area (Å²) >= 11 is 3.31. The molecule has 0 fully saturated rings. The highest BCUT2D eigenvalue weighted by molar-refractivity contribution is 9.10. The van der Waals surface area contributed by atoms with Gasteiger partial charge in [-0.15, -0.1) is 12.4 Å². The maximum atomic E-state index is 11.5. The number of benzene rings is 1. The zero-order valence-electron chi connectivity index (χ0n) is 8.83. The van der Waals surface area contributed by atoms with E-state index in [9.17, 15) is 4.79 Å². The Morgan fingerprint density at radius 2 is 2.25 bits per heavy atom. The molecule has 1 rings (SSSR count). The Morgan fingerprint density at radius 1 is 1.56 bits per heavy atom. The molecule has 0 aliphatic carbocycles. The Balaban J connectivity index is 0.00000225. The molecule has 0 spiro atoms. The van der Waals surface area contributed by atoms with Crippen LogP contribution in [0.2, 0.25) is 0 Å². The normalized spacial score (nSPS) is 9.19. The minimum atomic E-state index is -0.135. The third-order valence-electron chi connectivity index (χ3n) is 1.84. The second-order valence-corrected chi connectivity index (χ2v) is 3.75. The van der Waals surface area contributed by atoms with Crippen molar-refractivity contribution in [1.29, 1.82) is 0 Å². The molecule has 4 nitrogen and oxygen atoms in total. The Bertz CT molecular complexity index is 361. The second kappa shape index (κ2) is 7.49. The summed E-state index contributed by atoms with van der Waals surface area (Å²) in [5.41, 5.74) is 5.87. The van der Waals surface area contributed by atoms with Crippen molar-refractivity contribution in [2.24, 2.45) is 5.73 Å². The van der Waals surface area contributed by atoms with Crippen molar-refractivity contribution in [3.05, 3.63) is 28.2 Å². The van der Waals surface area contributed by atoms with E-state index < -0.39 is 0 Å². The number of carbonyl (C=O) groups is 1. The topological polar surface area (TPSA) is 64.3 Å². The van der Waals surface area contributed by atoms with Crippen LogP contribution in [0.25, 0.3) is 0 Å². The van der Waals surface area contributed by atoms with Gasteiger partial charge in [0, 0.05) is 18.7 Å². The Hall–Kier alpha value is -0.780. The minimum absolute atomic E-state index is 0. The van der Waals surface area contributed by atoms with Crippen molar-refractivity contribution in [3.63, 3.8) is 0 Å². The van der Waals surface area contributed by atoms with E-state index in [1.165, 1.54) is 0 Å². The fraction of sp³-hybridized carbons (Fsp3) is 0.300. The van der Waals surface area contributed by atoms with Gasteiger partial charge in [-0.2, -0.15) is 0 Å². The van der Waals surface area contributed by atoms with Gasteiger partial charge in [0.1, 0.15) is 5.75 Å². The first kappa shape index (κ1) is 15.2. The van der Waals surface area contributed by atoms with Gasteiger partial charge < -0.3 is 15.8 Å². The van der Waals surface area contributed by atoms with Gasteiger partial charge in [0.25, 0.3) is 5.91 Å². The van der Waals surface area contributed by atoms with Gasteiger partial charge >= 0.3 is 0 Å². The fourth-order valence-electron chi connectivity index (χ4n) is 1.10. The first-order chi connectivity index (χ1) is 7.19. The SMILES string of the molecule is COc1ccc(C(=O)NCCN)cc1Br.Cl. The fourth-order valence-corrected chi connectivity index (χ4v) is 1.64. The lowest BCUT2D eigenvalue weighted by atomic mass is 10.2. The Kier molecular flexibility index (Phi) is 7.12. The van der Waals surface area contributed by atoms with Crippen molar-refractivity contribution < 1.29 is 9.53 Å². The zero-order valence-corrected chi connectivity index (χ0v) is 11.2. The van der Waals surface area contributed by atoms with Crippen LogP contribution in [0, 0.1) is 0 Å². The summed E-state index contributed by atoms with van der Waals surface area (Å²) in [6.07, 6.45) is 0. The maximum absolute atomic E-state index is 11.5. The highest BCUT2D eigenvalue weighted by Crippen LogP contribution is 2.25. The second-order valence-electron chi connectivity index (χ2n) is 2.89. The lowest BCUT2D eigenvalue weighted by Crippen LogP contribution is -2.28. The van der Waals surface area contributed by atoms with Gasteiger partial charge in [0.15, 0.2) is 0 Å². The van der Waals surface area contributed by atoms with Crippen LogP contribution < -0.4 is 15.8 Å². The Morgan fingerprint density at radius 3 is 2.75 bits per heavy atom. The molecule has 3 N–H and O–H groups in total. The number of methoxy groups -OCH3 is 1. The molecule has 0 heterocycles. The summed E-state index contributed by atoms with van der Waals surface area (Å²) in [5, 5.41) is 2.69. The molecule has 0 unspecified atom stereocenters. The molecule has 0 aliphatic rings. The first-order valence-electron chi connectivity index (χ1n) is 4.51. The van der Waals surface area contributed by atoms with Gasteiger partial charge in [0.05, 0.1) is 11.6 Å². The molecule has 0 bridgehead atoms. The molecule has 1 aromatic carbocycles. The first-order valence-corrected chi connectivity index (χ1v) is 5.30. The van der Waals surface area contributed by atoms with Crippen molar-refractivity contribution >= 4 is 34.2 Å². The summed E-state index contributed by atoms with van der Waals surface area (Å²) in [6.45, 7) is 0.908. The number of carbonyl (C=O) groups excluding carboxylic acids is 1. The third kappa shape index (κ3) is 4.00. The van der Waals surface area contributed by atoms with E-state index in [2.05, 4.69) is 21.2 Å². The number of nitrogens with one attached hydrogen (secondary N) is 1.